The van der Waals surface area contributed by atoms with Crippen molar-refractivity contribution in [3.8, 4) is 0 Å². The second-order valence-electron chi connectivity index (χ2n) is 6.36. The van der Waals surface area contributed by atoms with Gasteiger partial charge >= 0.3 is 8.80 Å². The van der Waals surface area contributed by atoms with Crippen molar-refractivity contribution in [1.29, 1.82) is 0 Å². The first kappa shape index (κ1) is 20.1. The molecule has 0 radical (unpaired) electrons. The van der Waals surface area contributed by atoms with Crippen molar-refractivity contribution in [2.45, 2.75) is 96.9 Å². The van der Waals surface area contributed by atoms with E-state index in [9.17, 15) is 0 Å². The van der Waals surface area contributed by atoms with Gasteiger partial charge in [-0.2, -0.15) is 0 Å². The summed E-state index contributed by atoms with van der Waals surface area (Å²) in [5.41, 5.74) is 0.529. The van der Waals surface area contributed by atoms with Crippen LogP contribution in [-0.4, -0.2) is 28.6 Å². The molecule has 132 valence electrons. The molecule has 2 saturated carbocycles. The highest BCUT2D eigenvalue weighted by Crippen LogP contribution is 2.38. The van der Waals surface area contributed by atoms with E-state index in [0.29, 0.717) is 25.4 Å². The number of hydrogen-bond donors (Lipinski definition) is 0. The fourth-order valence-corrected chi connectivity index (χ4v) is 6.88. The molecule has 4 heteroatoms. The first-order valence-electron chi connectivity index (χ1n) is 9.70. The van der Waals surface area contributed by atoms with Gasteiger partial charge in [0.05, 0.1) is 0 Å². The number of rotatable bonds is 7. The quantitative estimate of drug-likeness (QED) is 0.560. The Morgan fingerprint density at radius 3 is 1.23 bits per heavy atom. The molecule has 3 nitrogen and oxygen atoms in total. The maximum Gasteiger partial charge on any atom is 0.504 e. The molecule has 0 aromatic rings. The summed E-state index contributed by atoms with van der Waals surface area (Å²) in [6.07, 6.45) is 15.4. The second kappa shape index (κ2) is 12.5. The molecule has 0 N–H and O–H groups in total. The van der Waals surface area contributed by atoms with Gasteiger partial charge in [-0.25, -0.2) is 0 Å². The van der Waals surface area contributed by atoms with Gasteiger partial charge in [-0.3, -0.25) is 0 Å². The molecule has 0 saturated heterocycles. The van der Waals surface area contributed by atoms with Crippen molar-refractivity contribution in [3.63, 3.8) is 0 Å². The van der Waals surface area contributed by atoms with Crippen LogP contribution in [0.1, 0.15) is 91.4 Å². The Labute approximate surface area is 139 Å². The zero-order chi connectivity index (χ0) is 16.1. The maximum atomic E-state index is 5.94. The van der Waals surface area contributed by atoms with Gasteiger partial charge in [0, 0.05) is 25.4 Å². The van der Waals surface area contributed by atoms with Crippen molar-refractivity contribution in [3.05, 3.63) is 0 Å². The molecule has 0 spiro atoms. The Morgan fingerprint density at radius 1 is 0.591 bits per heavy atom. The van der Waals surface area contributed by atoms with Gasteiger partial charge in [0.2, 0.25) is 0 Å². The van der Waals surface area contributed by atoms with Crippen molar-refractivity contribution in [2.24, 2.45) is 0 Å². The summed E-state index contributed by atoms with van der Waals surface area (Å²) in [6, 6.07) is 0. The van der Waals surface area contributed by atoms with E-state index < -0.39 is 8.80 Å². The first-order valence-corrected chi connectivity index (χ1v) is 11.5. The predicted molar refractivity (Wildman–Crippen MR) is 95.2 cm³/mol. The molecule has 0 bridgehead atoms. The Bertz CT molecular complexity index is 222. The highest BCUT2D eigenvalue weighted by atomic mass is 28.4. The predicted octanol–water partition coefficient (Wildman–Crippen LogP) is 5.71. The molecule has 0 atom stereocenters. The monoisotopic (exact) mass is 330 g/mol. The molecule has 2 fully saturated rings. The van der Waals surface area contributed by atoms with E-state index in [-0.39, 0.29) is 0 Å². The van der Waals surface area contributed by atoms with Crippen molar-refractivity contribution >= 4 is 8.80 Å². The van der Waals surface area contributed by atoms with Gasteiger partial charge in [-0.05, 0) is 33.6 Å². The van der Waals surface area contributed by atoms with Gasteiger partial charge < -0.3 is 13.3 Å². The summed E-state index contributed by atoms with van der Waals surface area (Å²) in [5, 5.41) is 0. The molecule has 0 aromatic heterocycles. The van der Waals surface area contributed by atoms with E-state index in [1.165, 1.54) is 70.6 Å². The summed E-state index contributed by atoms with van der Waals surface area (Å²) in [5.74, 6) is 0. The minimum atomic E-state index is -2.39. The molecule has 0 aliphatic heterocycles. The van der Waals surface area contributed by atoms with E-state index in [2.05, 4.69) is 0 Å². The van der Waals surface area contributed by atoms with Gasteiger partial charge in [-0.1, -0.05) is 57.8 Å². The standard InChI is InChI=1S/C12H26O3Si.C6H12/c1-4-13-16(14-5-2,15-6-3)12-10-8-7-9-11-12;1-2-4-6-5-3-1/h12H,4-11H2,1-3H3;1-6H2. The van der Waals surface area contributed by atoms with Crippen LogP contribution >= 0.6 is 0 Å². The third-order valence-corrected chi connectivity index (χ3v) is 8.29. The third-order valence-electron chi connectivity index (χ3n) is 4.64. The molecule has 2 aliphatic rings. The van der Waals surface area contributed by atoms with Gasteiger partial charge in [0.1, 0.15) is 0 Å². The first-order chi connectivity index (χ1) is 10.8. The fourth-order valence-electron chi connectivity index (χ4n) is 3.60. The molecule has 2 rings (SSSR count). The van der Waals surface area contributed by atoms with Crippen molar-refractivity contribution < 1.29 is 13.3 Å². The lowest BCUT2D eigenvalue weighted by Crippen LogP contribution is -2.51. The van der Waals surface area contributed by atoms with Crippen LogP contribution in [0.5, 0.6) is 0 Å². The molecule has 0 amide bonds. The van der Waals surface area contributed by atoms with Crippen LogP contribution in [0.15, 0.2) is 0 Å². The van der Waals surface area contributed by atoms with Gasteiger partial charge in [0.15, 0.2) is 0 Å². The minimum Gasteiger partial charge on any atom is -0.374 e. The molecule has 2 aliphatic carbocycles. The SMILES string of the molecule is C1CCCCC1.CCO[Si](OCC)(OCC)C1CCCCC1. The smallest absolute Gasteiger partial charge is 0.374 e. The summed E-state index contributed by atoms with van der Waals surface area (Å²) >= 11 is 0. The van der Waals surface area contributed by atoms with E-state index >= 15 is 0 Å². The van der Waals surface area contributed by atoms with E-state index in [4.69, 9.17) is 13.3 Å². The van der Waals surface area contributed by atoms with Crippen LogP contribution in [-0.2, 0) is 13.3 Å². The van der Waals surface area contributed by atoms with Crippen LogP contribution in [0.2, 0.25) is 5.54 Å². The summed E-state index contributed by atoms with van der Waals surface area (Å²) in [4.78, 5) is 0. The average molecular weight is 331 g/mol. The normalized spacial score (nSPS) is 20.3. The Hall–Kier alpha value is 0.0969. The Morgan fingerprint density at radius 2 is 0.909 bits per heavy atom. The highest BCUT2D eigenvalue weighted by molar-refractivity contribution is 6.62. The second-order valence-corrected chi connectivity index (χ2v) is 9.25. The third kappa shape index (κ3) is 7.11. The van der Waals surface area contributed by atoms with Crippen LogP contribution in [0, 0.1) is 0 Å². The molecule has 0 heterocycles. The van der Waals surface area contributed by atoms with Gasteiger partial charge in [0.25, 0.3) is 0 Å². The molecule has 0 aromatic carbocycles. The Kier molecular flexibility index (Phi) is 11.5. The lowest BCUT2D eigenvalue weighted by molar-refractivity contribution is 0.0561. The largest absolute Gasteiger partial charge is 0.504 e. The minimum absolute atomic E-state index is 0.529. The van der Waals surface area contributed by atoms with Gasteiger partial charge in [-0.15, -0.1) is 0 Å². The maximum absolute atomic E-state index is 5.94. The van der Waals surface area contributed by atoms with Crippen molar-refractivity contribution in [1.82, 2.24) is 0 Å². The summed E-state index contributed by atoms with van der Waals surface area (Å²) in [6.45, 7) is 8.18. The molecular formula is C18H38O3Si. The zero-order valence-corrected chi connectivity index (χ0v) is 16.2. The van der Waals surface area contributed by atoms with Crippen molar-refractivity contribution in [2.75, 3.05) is 19.8 Å². The zero-order valence-electron chi connectivity index (χ0n) is 15.2. The van der Waals surface area contributed by atoms with Crippen LogP contribution < -0.4 is 0 Å². The molecular weight excluding hydrogens is 292 g/mol. The van der Waals surface area contributed by atoms with Crippen LogP contribution in [0.25, 0.3) is 0 Å². The molecule has 22 heavy (non-hydrogen) atoms. The van der Waals surface area contributed by atoms with Crippen LogP contribution in [0.3, 0.4) is 0 Å². The summed E-state index contributed by atoms with van der Waals surface area (Å²) < 4.78 is 17.8. The van der Waals surface area contributed by atoms with E-state index in [1.807, 2.05) is 20.8 Å². The van der Waals surface area contributed by atoms with E-state index in [1.54, 1.807) is 0 Å². The average Bonchev–Trinajstić information content (AvgIpc) is 2.58. The Balaban J connectivity index is 0.000000335. The topological polar surface area (TPSA) is 27.7 Å². The lowest BCUT2D eigenvalue weighted by Gasteiger charge is -2.37. The summed E-state index contributed by atoms with van der Waals surface area (Å²) in [7, 11) is -2.39. The van der Waals surface area contributed by atoms with Crippen LogP contribution in [0.4, 0.5) is 0 Å². The number of hydrogen-bond acceptors (Lipinski definition) is 3. The highest BCUT2D eigenvalue weighted by Gasteiger charge is 2.48. The lowest BCUT2D eigenvalue weighted by atomic mass is 10.0. The molecule has 0 unspecified atom stereocenters. The van der Waals surface area contributed by atoms with E-state index in [0.717, 1.165) is 0 Å². The fraction of sp³-hybridized carbons (Fsp3) is 1.00.